The molecule has 0 aliphatic heterocycles. The molecule has 1 fully saturated rings. The van der Waals surface area contributed by atoms with Gasteiger partial charge in [0.05, 0.1) is 6.54 Å². The van der Waals surface area contributed by atoms with Gasteiger partial charge in [0.15, 0.2) is 0 Å². The summed E-state index contributed by atoms with van der Waals surface area (Å²) in [5.41, 5.74) is -0.0143. The van der Waals surface area contributed by atoms with Crippen LogP contribution >= 0.6 is 11.6 Å². The van der Waals surface area contributed by atoms with E-state index in [0.717, 1.165) is 18.4 Å². The van der Waals surface area contributed by atoms with E-state index >= 15 is 0 Å². The van der Waals surface area contributed by atoms with E-state index in [-0.39, 0.29) is 6.04 Å². The normalized spacial score (nSPS) is 14.6. The molecule has 3 rings (SSSR count). The number of aromatic nitrogens is 2. The Morgan fingerprint density at radius 3 is 2.63 bits per heavy atom. The molecule has 4 nitrogen and oxygen atoms in total. The number of hydrogen-bond acceptors (Lipinski definition) is 2. The lowest BCUT2D eigenvalue weighted by Gasteiger charge is -2.08. The smallest absolute Gasteiger partial charge is 0.306 e. The van der Waals surface area contributed by atoms with Gasteiger partial charge in [0, 0.05) is 23.5 Å². The zero-order valence-corrected chi connectivity index (χ0v) is 11.0. The average Bonchev–Trinajstić information content (AvgIpc) is 3.20. The minimum Gasteiger partial charge on any atom is -0.306 e. The Hall–Kier alpha value is -1.81. The fraction of sp³-hybridized carbons (Fsp3) is 0.286. The Bertz CT molecular complexity index is 729. The van der Waals surface area contributed by atoms with Crippen LogP contribution < -0.4 is 11.1 Å². The third-order valence-electron chi connectivity index (χ3n) is 3.27. The van der Waals surface area contributed by atoms with Crippen LogP contribution in [-0.4, -0.2) is 9.13 Å². The van der Waals surface area contributed by atoms with Crippen molar-refractivity contribution in [1.29, 1.82) is 0 Å². The van der Waals surface area contributed by atoms with Crippen molar-refractivity contribution in [2.75, 3.05) is 0 Å². The van der Waals surface area contributed by atoms with E-state index in [4.69, 9.17) is 11.6 Å². The molecule has 0 bridgehead atoms. The van der Waals surface area contributed by atoms with Crippen LogP contribution in [0.25, 0.3) is 0 Å². The highest BCUT2D eigenvalue weighted by molar-refractivity contribution is 6.30. The quantitative estimate of drug-likeness (QED) is 0.806. The molecule has 19 heavy (non-hydrogen) atoms. The van der Waals surface area contributed by atoms with Gasteiger partial charge < -0.3 is 9.13 Å². The molecule has 1 aromatic heterocycles. The van der Waals surface area contributed by atoms with E-state index in [2.05, 4.69) is 0 Å². The Balaban J connectivity index is 1.96. The standard InChI is InChI=1S/C14H13ClN2O2/c15-11-3-1-2-10(8-11)9-16-6-7-17(12-4-5-12)14(19)13(16)18/h1-3,6-8,12H,4-5,9H2. The van der Waals surface area contributed by atoms with Gasteiger partial charge in [-0.2, -0.15) is 0 Å². The summed E-state index contributed by atoms with van der Waals surface area (Å²) in [6.45, 7) is 0.361. The van der Waals surface area contributed by atoms with Gasteiger partial charge >= 0.3 is 11.1 Å². The number of hydrogen-bond donors (Lipinski definition) is 0. The van der Waals surface area contributed by atoms with Gasteiger partial charge in [-0.15, -0.1) is 0 Å². The van der Waals surface area contributed by atoms with E-state index in [9.17, 15) is 9.59 Å². The summed E-state index contributed by atoms with van der Waals surface area (Å²) in [4.78, 5) is 23.9. The number of halogens is 1. The Kier molecular flexibility index (Phi) is 3.03. The van der Waals surface area contributed by atoms with Crippen molar-refractivity contribution >= 4 is 11.6 Å². The van der Waals surface area contributed by atoms with Crippen molar-refractivity contribution in [3.8, 4) is 0 Å². The fourth-order valence-electron chi connectivity index (χ4n) is 2.12. The average molecular weight is 277 g/mol. The Morgan fingerprint density at radius 2 is 1.95 bits per heavy atom. The predicted octanol–water partition coefficient (Wildman–Crippen LogP) is 2.05. The summed E-state index contributed by atoms with van der Waals surface area (Å²) in [5, 5.41) is 0.622. The van der Waals surface area contributed by atoms with E-state index < -0.39 is 11.1 Å². The summed E-state index contributed by atoms with van der Waals surface area (Å²) in [6.07, 6.45) is 5.34. The third-order valence-corrected chi connectivity index (χ3v) is 3.50. The summed E-state index contributed by atoms with van der Waals surface area (Å²) in [5.74, 6) is 0. The predicted molar refractivity (Wildman–Crippen MR) is 73.8 cm³/mol. The minimum absolute atomic E-state index is 0.223. The van der Waals surface area contributed by atoms with Gasteiger partial charge in [-0.25, -0.2) is 0 Å². The molecule has 0 spiro atoms. The molecule has 1 aliphatic carbocycles. The number of rotatable bonds is 3. The first-order valence-corrected chi connectivity index (χ1v) is 6.59. The van der Waals surface area contributed by atoms with Crippen molar-refractivity contribution < 1.29 is 0 Å². The molecule has 1 aromatic carbocycles. The molecule has 0 unspecified atom stereocenters. The summed E-state index contributed by atoms with van der Waals surface area (Å²) < 4.78 is 2.96. The second-order valence-electron chi connectivity index (χ2n) is 4.80. The molecule has 0 saturated heterocycles. The van der Waals surface area contributed by atoms with Gasteiger partial charge in [-0.1, -0.05) is 23.7 Å². The van der Waals surface area contributed by atoms with Crippen LogP contribution in [0.15, 0.2) is 46.2 Å². The van der Waals surface area contributed by atoms with Crippen molar-refractivity contribution in [1.82, 2.24) is 9.13 Å². The van der Waals surface area contributed by atoms with Crippen LogP contribution in [0.1, 0.15) is 24.4 Å². The fourth-order valence-corrected chi connectivity index (χ4v) is 2.33. The lowest BCUT2D eigenvalue weighted by Crippen LogP contribution is -2.40. The molecule has 0 atom stereocenters. The third kappa shape index (κ3) is 2.49. The highest BCUT2D eigenvalue weighted by Gasteiger charge is 2.25. The molecule has 0 radical (unpaired) electrons. The van der Waals surface area contributed by atoms with Crippen LogP contribution in [0.3, 0.4) is 0 Å². The first-order chi connectivity index (χ1) is 9.15. The number of nitrogens with zero attached hydrogens (tertiary/aromatic N) is 2. The van der Waals surface area contributed by atoms with Crippen molar-refractivity contribution in [2.45, 2.75) is 25.4 Å². The monoisotopic (exact) mass is 276 g/mol. The molecule has 0 amide bonds. The van der Waals surface area contributed by atoms with Crippen LogP contribution in [0, 0.1) is 0 Å². The molecule has 5 heteroatoms. The topological polar surface area (TPSA) is 44.0 Å². The molecular weight excluding hydrogens is 264 g/mol. The Morgan fingerprint density at radius 1 is 1.16 bits per heavy atom. The zero-order chi connectivity index (χ0) is 13.4. The van der Waals surface area contributed by atoms with Gasteiger partial charge in [0.1, 0.15) is 0 Å². The van der Waals surface area contributed by atoms with E-state index in [1.54, 1.807) is 24.5 Å². The Labute approximate surface area is 114 Å². The van der Waals surface area contributed by atoms with Gasteiger partial charge in [-0.3, -0.25) is 9.59 Å². The summed E-state index contributed by atoms with van der Waals surface area (Å²) in [7, 11) is 0. The highest BCUT2D eigenvalue weighted by Crippen LogP contribution is 2.32. The summed E-state index contributed by atoms with van der Waals surface area (Å²) >= 11 is 5.90. The minimum atomic E-state index is -0.477. The van der Waals surface area contributed by atoms with Gasteiger partial charge in [-0.05, 0) is 30.5 Å². The molecule has 2 aromatic rings. The number of benzene rings is 1. The first kappa shape index (κ1) is 12.2. The van der Waals surface area contributed by atoms with Crippen LogP contribution in [0.4, 0.5) is 0 Å². The largest absolute Gasteiger partial charge is 0.316 e. The van der Waals surface area contributed by atoms with Gasteiger partial charge in [0.25, 0.3) is 0 Å². The summed E-state index contributed by atoms with van der Waals surface area (Å²) in [6, 6.07) is 7.50. The maximum Gasteiger partial charge on any atom is 0.316 e. The first-order valence-electron chi connectivity index (χ1n) is 6.21. The lowest BCUT2D eigenvalue weighted by molar-refractivity contribution is 0.640. The molecule has 1 aliphatic rings. The maximum atomic E-state index is 12.0. The molecule has 1 heterocycles. The molecule has 0 N–H and O–H groups in total. The zero-order valence-electron chi connectivity index (χ0n) is 10.3. The van der Waals surface area contributed by atoms with E-state index in [1.165, 1.54) is 9.13 Å². The second-order valence-corrected chi connectivity index (χ2v) is 5.24. The van der Waals surface area contributed by atoms with E-state index in [1.807, 2.05) is 12.1 Å². The molecular formula is C14H13ClN2O2. The SMILES string of the molecule is O=c1c(=O)n(C2CC2)ccn1Cc1cccc(Cl)c1. The van der Waals surface area contributed by atoms with Crippen LogP contribution in [0.5, 0.6) is 0 Å². The van der Waals surface area contributed by atoms with Crippen LogP contribution in [-0.2, 0) is 6.54 Å². The van der Waals surface area contributed by atoms with Crippen molar-refractivity contribution in [3.05, 3.63) is 68.0 Å². The van der Waals surface area contributed by atoms with Crippen molar-refractivity contribution in [2.24, 2.45) is 0 Å². The molecule has 1 saturated carbocycles. The van der Waals surface area contributed by atoms with Crippen molar-refractivity contribution in [3.63, 3.8) is 0 Å². The van der Waals surface area contributed by atoms with E-state index in [0.29, 0.717) is 11.6 Å². The second kappa shape index (κ2) is 4.70. The lowest BCUT2D eigenvalue weighted by atomic mass is 10.2. The highest BCUT2D eigenvalue weighted by atomic mass is 35.5. The maximum absolute atomic E-state index is 12.0. The molecule has 98 valence electrons. The van der Waals surface area contributed by atoms with Crippen LogP contribution in [0.2, 0.25) is 5.02 Å². The van der Waals surface area contributed by atoms with Gasteiger partial charge in [0.2, 0.25) is 0 Å².